The van der Waals surface area contributed by atoms with Gasteiger partial charge in [-0.3, -0.25) is 24.5 Å². The summed E-state index contributed by atoms with van der Waals surface area (Å²) >= 11 is 0. The molecule has 10 nitrogen and oxygen atoms in total. The lowest BCUT2D eigenvalue weighted by atomic mass is 9.86. The lowest BCUT2D eigenvalue weighted by Gasteiger charge is -2.40. The molecule has 34 heavy (non-hydrogen) atoms. The molecule has 178 valence electrons. The molecule has 0 radical (unpaired) electrons. The molecule has 4 atom stereocenters. The van der Waals surface area contributed by atoms with E-state index in [-0.39, 0.29) is 42.4 Å². The highest BCUT2D eigenvalue weighted by atomic mass is 16.2. The van der Waals surface area contributed by atoms with Crippen molar-refractivity contribution in [2.75, 3.05) is 6.54 Å². The molecule has 4 heterocycles. The largest absolute Gasteiger partial charge is 0.334 e. The van der Waals surface area contributed by atoms with Crippen molar-refractivity contribution in [2.45, 2.75) is 58.7 Å². The highest BCUT2D eigenvalue weighted by Gasteiger charge is 2.39. The van der Waals surface area contributed by atoms with Crippen LogP contribution in [0.15, 0.2) is 24.4 Å². The molecule has 3 aliphatic heterocycles. The minimum Gasteiger partial charge on any atom is -0.334 e. The number of fused-ring (bicyclic) bond motifs is 1. The Balaban J connectivity index is 1.35. The molecule has 4 amide bonds. The molecule has 0 bridgehead atoms. The van der Waals surface area contributed by atoms with E-state index in [9.17, 15) is 19.2 Å². The third-order valence-corrected chi connectivity index (χ3v) is 7.34. The van der Waals surface area contributed by atoms with Crippen molar-refractivity contribution in [3.05, 3.63) is 41.2 Å². The number of imide groups is 1. The van der Waals surface area contributed by atoms with Gasteiger partial charge in [-0.15, -0.1) is 5.10 Å². The van der Waals surface area contributed by atoms with E-state index < -0.39 is 11.9 Å². The maximum Gasteiger partial charge on any atom is 0.276 e. The van der Waals surface area contributed by atoms with Crippen molar-refractivity contribution >= 4 is 23.6 Å². The second-order valence-electron chi connectivity index (χ2n) is 9.81. The molecule has 2 aromatic rings. The summed E-state index contributed by atoms with van der Waals surface area (Å²) in [5.74, 6) is -0.249. The lowest BCUT2D eigenvalue weighted by molar-refractivity contribution is -0.136. The Kier molecular flexibility index (Phi) is 5.45. The number of carbonyl (C=O) groups excluding carboxylic acids is 4. The maximum absolute atomic E-state index is 13.1. The number of nitrogens with one attached hydrogen (secondary N) is 1. The van der Waals surface area contributed by atoms with Gasteiger partial charge < -0.3 is 9.80 Å². The summed E-state index contributed by atoms with van der Waals surface area (Å²) in [5.41, 5.74) is 2.25. The van der Waals surface area contributed by atoms with Gasteiger partial charge in [0, 0.05) is 31.1 Å². The molecular formula is C24H28N6O4. The SMILES string of the molecule is CC1CC(C)C(C)N(C(=O)c2cn(-c3ccc4c(c3)CN(C3CCC(=O)NC3=O)C4=O)nn2)C1. The van der Waals surface area contributed by atoms with Gasteiger partial charge in [0.05, 0.1) is 11.9 Å². The highest BCUT2D eigenvalue weighted by Crippen LogP contribution is 2.30. The zero-order chi connectivity index (χ0) is 24.1. The van der Waals surface area contributed by atoms with E-state index in [1.807, 2.05) is 11.0 Å². The zero-order valence-corrected chi connectivity index (χ0v) is 19.5. The molecule has 1 N–H and O–H groups in total. The number of hydrogen-bond acceptors (Lipinski definition) is 6. The van der Waals surface area contributed by atoms with E-state index in [0.717, 1.165) is 12.0 Å². The van der Waals surface area contributed by atoms with Crippen LogP contribution in [0.2, 0.25) is 0 Å². The number of hydrogen-bond donors (Lipinski definition) is 1. The van der Waals surface area contributed by atoms with Gasteiger partial charge in [0.2, 0.25) is 11.8 Å². The van der Waals surface area contributed by atoms with Gasteiger partial charge in [-0.25, -0.2) is 4.68 Å². The van der Waals surface area contributed by atoms with Gasteiger partial charge in [0.15, 0.2) is 5.69 Å². The molecule has 1 aromatic heterocycles. The Bertz CT molecular complexity index is 1190. The van der Waals surface area contributed by atoms with Gasteiger partial charge in [-0.2, -0.15) is 0 Å². The Morgan fingerprint density at radius 3 is 2.71 bits per heavy atom. The molecule has 0 spiro atoms. The molecular weight excluding hydrogens is 436 g/mol. The average molecular weight is 465 g/mol. The Labute approximate surface area is 197 Å². The number of carbonyl (C=O) groups is 4. The fraction of sp³-hybridized carbons (Fsp3) is 0.500. The van der Waals surface area contributed by atoms with Crippen molar-refractivity contribution in [2.24, 2.45) is 11.8 Å². The lowest BCUT2D eigenvalue weighted by Crippen LogP contribution is -2.52. The van der Waals surface area contributed by atoms with Crippen molar-refractivity contribution in [1.82, 2.24) is 30.1 Å². The third kappa shape index (κ3) is 3.76. The summed E-state index contributed by atoms with van der Waals surface area (Å²) in [7, 11) is 0. The number of piperidine rings is 2. The van der Waals surface area contributed by atoms with Crippen LogP contribution < -0.4 is 5.32 Å². The average Bonchev–Trinajstić information content (AvgIpc) is 3.41. The molecule has 5 rings (SSSR count). The van der Waals surface area contributed by atoms with Crippen LogP contribution in [-0.4, -0.2) is 67.1 Å². The molecule has 3 aliphatic rings. The zero-order valence-electron chi connectivity index (χ0n) is 19.5. The fourth-order valence-corrected chi connectivity index (χ4v) is 5.32. The minimum atomic E-state index is -0.659. The highest BCUT2D eigenvalue weighted by molar-refractivity contribution is 6.05. The van der Waals surface area contributed by atoms with Crippen molar-refractivity contribution < 1.29 is 19.2 Å². The van der Waals surface area contributed by atoms with Crippen LogP contribution in [-0.2, 0) is 16.1 Å². The van der Waals surface area contributed by atoms with Crippen LogP contribution in [0.1, 0.15) is 66.4 Å². The van der Waals surface area contributed by atoms with Crippen LogP contribution >= 0.6 is 0 Å². The van der Waals surface area contributed by atoms with Crippen LogP contribution in [0, 0.1) is 11.8 Å². The summed E-state index contributed by atoms with van der Waals surface area (Å²) < 4.78 is 1.54. The molecule has 4 unspecified atom stereocenters. The third-order valence-electron chi connectivity index (χ3n) is 7.34. The summed E-state index contributed by atoms with van der Waals surface area (Å²) in [6.07, 6.45) is 3.25. The predicted molar refractivity (Wildman–Crippen MR) is 121 cm³/mol. The van der Waals surface area contributed by atoms with Gasteiger partial charge in [0.1, 0.15) is 6.04 Å². The molecule has 0 saturated carbocycles. The summed E-state index contributed by atoms with van der Waals surface area (Å²) in [4.78, 5) is 53.1. The molecule has 1 aromatic carbocycles. The van der Waals surface area contributed by atoms with Crippen LogP contribution in [0.3, 0.4) is 0 Å². The first-order valence-electron chi connectivity index (χ1n) is 11.7. The van der Waals surface area contributed by atoms with Crippen LogP contribution in [0.25, 0.3) is 5.69 Å². The summed E-state index contributed by atoms with van der Waals surface area (Å²) in [5, 5.41) is 10.6. The number of rotatable bonds is 3. The Morgan fingerprint density at radius 1 is 1.15 bits per heavy atom. The van der Waals surface area contributed by atoms with Gasteiger partial charge >= 0.3 is 0 Å². The first kappa shape index (κ1) is 22.2. The number of likely N-dealkylation sites (tertiary alicyclic amines) is 1. The molecule has 2 saturated heterocycles. The predicted octanol–water partition coefficient (Wildman–Crippen LogP) is 1.53. The fourth-order valence-electron chi connectivity index (χ4n) is 5.32. The quantitative estimate of drug-likeness (QED) is 0.689. The number of benzene rings is 1. The van der Waals surface area contributed by atoms with Crippen LogP contribution in [0.5, 0.6) is 0 Å². The van der Waals surface area contributed by atoms with E-state index in [1.54, 1.807) is 18.3 Å². The van der Waals surface area contributed by atoms with E-state index in [2.05, 4.69) is 36.4 Å². The van der Waals surface area contributed by atoms with Gasteiger partial charge in [-0.1, -0.05) is 19.1 Å². The Morgan fingerprint density at radius 2 is 1.94 bits per heavy atom. The standard InChI is InChI=1S/C24H28N6O4/c1-13-8-14(2)15(3)28(10-13)24(34)19-12-30(27-26-19)17-4-5-18-16(9-17)11-29(23(18)33)20-6-7-21(31)25-22(20)32/h4-5,9,12-15,20H,6-8,10-11H2,1-3H3,(H,25,31,32). The summed E-state index contributed by atoms with van der Waals surface area (Å²) in [6, 6.07) is 4.76. The van der Waals surface area contributed by atoms with E-state index >= 15 is 0 Å². The smallest absolute Gasteiger partial charge is 0.276 e. The van der Waals surface area contributed by atoms with E-state index in [4.69, 9.17) is 0 Å². The number of aromatic nitrogens is 3. The normalized spacial score (nSPS) is 27.1. The topological polar surface area (TPSA) is 118 Å². The second-order valence-corrected chi connectivity index (χ2v) is 9.81. The minimum absolute atomic E-state index is 0.127. The summed E-state index contributed by atoms with van der Waals surface area (Å²) in [6.45, 7) is 7.37. The van der Waals surface area contributed by atoms with Gasteiger partial charge in [-0.05, 0) is 55.4 Å². The van der Waals surface area contributed by atoms with Crippen LogP contribution in [0.4, 0.5) is 0 Å². The molecule has 0 aliphatic carbocycles. The number of amides is 4. The van der Waals surface area contributed by atoms with Crippen molar-refractivity contribution in [3.8, 4) is 5.69 Å². The van der Waals surface area contributed by atoms with Gasteiger partial charge in [0.25, 0.3) is 11.8 Å². The van der Waals surface area contributed by atoms with Crippen molar-refractivity contribution in [3.63, 3.8) is 0 Å². The Hall–Kier alpha value is -3.56. The second kappa shape index (κ2) is 8.34. The van der Waals surface area contributed by atoms with E-state index in [0.29, 0.717) is 36.1 Å². The van der Waals surface area contributed by atoms with Crippen molar-refractivity contribution in [1.29, 1.82) is 0 Å². The first-order chi connectivity index (χ1) is 16.2. The monoisotopic (exact) mass is 464 g/mol. The van der Waals surface area contributed by atoms with E-state index in [1.165, 1.54) is 9.58 Å². The molecule has 10 heteroatoms. The maximum atomic E-state index is 13.1. The number of nitrogens with zero attached hydrogens (tertiary/aromatic N) is 5. The first-order valence-corrected chi connectivity index (χ1v) is 11.7. The molecule has 2 fully saturated rings.